The standard InChI is InChI=1S/C10H14N2O6S/c1-6-5-8(18-12-6)9(13)11-7(10(14)15)3-4-19(2,16)17/h5,7H,3-4H2,1-2H3,(H,11,13)(H,14,15). The van der Waals surface area contributed by atoms with Crippen molar-refractivity contribution < 1.29 is 27.6 Å². The summed E-state index contributed by atoms with van der Waals surface area (Å²) in [6.07, 6.45) is 0.778. The highest BCUT2D eigenvalue weighted by atomic mass is 32.2. The van der Waals surface area contributed by atoms with Crippen molar-refractivity contribution in [2.45, 2.75) is 19.4 Å². The third-order valence-electron chi connectivity index (χ3n) is 2.23. The molecule has 1 amide bonds. The lowest BCUT2D eigenvalue weighted by Gasteiger charge is -2.12. The van der Waals surface area contributed by atoms with Gasteiger partial charge in [-0.3, -0.25) is 4.79 Å². The number of aliphatic carboxylic acids is 1. The second-order valence-electron chi connectivity index (χ2n) is 4.12. The number of aryl methyl sites for hydroxylation is 1. The van der Waals surface area contributed by atoms with Gasteiger partial charge in [-0.2, -0.15) is 0 Å². The highest BCUT2D eigenvalue weighted by Crippen LogP contribution is 2.04. The lowest BCUT2D eigenvalue weighted by molar-refractivity contribution is -0.139. The number of carboxylic acid groups (broad SMARTS) is 1. The number of sulfone groups is 1. The van der Waals surface area contributed by atoms with E-state index in [1.807, 2.05) is 0 Å². The number of carbonyl (C=O) groups is 2. The van der Waals surface area contributed by atoms with Gasteiger partial charge in [0.2, 0.25) is 5.76 Å². The van der Waals surface area contributed by atoms with Crippen LogP contribution in [0.5, 0.6) is 0 Å². The molecule has 2 N–H and O–H groups in total. The zero-order valence-corrected chi connectivity index (χ0v) is 11.2. The van der Waals surface area contributed by atoms with Gasteiger partial charge in [-0.1, -0.05) is 5.16 Å². The summed E-state index contributed by atoms with van der Waals surface area (Å²) in [7, 11) is -3.30. The van der Waals surface area contributed by atoms with E-state index in [9.17, 15) is 18.0 Å². The predicted octanol–water partition coefficient (Wildman–Crippen LogP) is -0.399. The first-order chi connectivity index (χ1) is 8.69. The van der Waals surface area contributed by atoms with Gasteiger partial charge in [-0.05, 0) is 13.3 Å². The molecule has 9 heteroatoms. The first-order valence-corrected chi connectivity index (χ1v) is 7.40. The van der Waals surface area contributed by atoms with E-state index in [1.54, 1.807) is 6.92 Å². The highest BCUT2D eigenvalue weighted by Gasteiger charge is 2.23. The molecule has 1 atom stereocenters. The first kappa shape index (κ1) is 15.2. The molecule has 0 aliphatic carbocycles. The molecule has 106 valence electrons. The summed E-state index contributed by atoms with van der Waals surface area (Å²) < 4.78 is 26.6. The van der Waals surface area contributed by atoms with Gasteiger partial charge < -0.3 is 14.9 Å². The van der Waals surface area contributed by atoms with Crippen molar-refractivity contribution in [3.8, 4) is 0 Å². The third kappa shape index (κ3) is 5.08. The summed E-state index contributed by atoms with van der Waals surface area (Å²) >= 11 is 0. The van der Waals surface area contributed by atoms with Crippen molar-refractivity contribution in [1.29, 1.82) is 0 Å². The van der Waals surface area contributed by atoms with Gasteiger partial charge in [0, 0.05) is 12.3 Å². The van der Waals surface area contributed by atoms with Gasteiger partial charge in [0.1, 0.15) is 15.9 Å². The summed E-state index contributed by atoms with van der Waals surface area (Å²) in [5.74, 6) is -2.52. The van der Waals surface area contributed by atoms with E-state index in [2.05, 4.69) is 15.0 Å². The maximum absolute atomic E-state index is 11.6. The van der Waals surface area contributed by atoms with Crippen LogP contribution in [0.4, 0.5) is 0 Å². The zero-order valence-electron chi connectivity index (χ0n) is 10.4. The van der Waals surface area contributed by atoms with Crippen molar-refractivity contribution in [2.75, 3.05) is 12.0 Å². The van der Waals surface area contributed by atoms with Crippen LogP contribution in [0, 0.1) is 6.92 Å². The number of hydrogen-bond acceptors (Lipinski definition) is 6. The van der Waals surface area contributed by atoms with Crippen LogP contribution < -0.4 is 5.32 Å². The number of carboxylic acids is 1. The second kappa shape index (κ2) is 5.83. The summed E-state index contributed by atoms with van der Waals surface area (Å²) in [6.45, 7) is 1.61. The van der Waals surface area contributed by atoms with Crippen LogP contribution in [0.2, 0.25) is 0 Å². The number of hydrogen-bond donors (Lipinski definition) is 2. The maximum Gasteiger partial charge on any atom is 0.326 e. The monoisotopic (exact) mass is 290 g/mol. The maximum atomic E-state index is 11.6. The van der Waals surface area contributed by atoms with Crippen LogP contribution in [0.1, 0.15) is 22.7 Å². The molecule has 1 unspecified atom stereocenters. The van der Waals surface area contributed by atoms with E-state index in [0.717, 1.165) is 6.26 Å². The van der Waals surface area contributed by atoms with Gasteiger partial charge in [-0.15, -0.1) is 0 Å². The minimum absolute atomic E-state index is 0.122. The molecule has 0 aliphatic rings. The van der Waals surface area contributed by atoms with Gasteiger partial charge >= 0.3 is 5.97 Å². The Balaban J connectivity index is 2.68. The van der Waals surface area contributed by atoms with Gasteiger partial charge in [0.25, 0.3) is 5.91 Å². The molecular formula is C10H14N2O6S. The molecule has 1 aromatic rings. The average molecular weight is 290 g/mol. The molecule has 8 nitrogen and oxygen atoms in total. The molecule has 0 saturated carbocycles. The van der Waals surface area contributed by atoms with Crippen molar-refractivity contribution >= 4 is 21.7 Å². The van der Waals surface area contributed by atoms with E-state index in [4.69, 9.17) is 5.11 Å². The second-order valence-corrected chi connectivity index (χ2v) is 6.38. The average Bonchev–Trinajstić information content (AvgIpc) is 2.69. The SMILES string of the molecule is Cc1cc(C(=O)NC(CCS(C)(=O)=O)C(=O)O)on1. The first-order valence-electron chi connectivity index (χ1n) is 5.34. The summed E-state index contributed by atoms with van der Waals surface area (Å²) in [5, 5.41) is 14.6. The van der Waals surface area contributed by atoms with E-state index in [-0.39, 0.29) is 17.9 Å². The van der Waals surface area contributed by atoms with Crippen molar-refractivity contribution in [2.24, 2.45) is 0 Å². The van der Waals surface area contributed by atoms with Crippen LogP contribution in [0.25, 0.3) is 0 Å². The molecule has 1 aromatic heterocycles. The molecule has 1 heterocycles. The van der Waals surface area contributed by atoms with E-state index in [1.165, 1.54) is 6.07 Å². The molecule has 1 rings (SSSR count). The Morgan fingerprint density at radius 1 is 1.53 bits per heavy atom. The van der Waals surface area contributed by atoms with E-state index >= 15 is 0 Å². The van der Waals surface area contributed by atoms with Crippen LogP contribution in [-0.2, 0) is 14.6 Å². The Labute approximate surface area is 109 Å². The number of rotatable bonds is 6. The Kier molecular flexibility index (Phi) is 4.65. The van der Waals surface area contributed by atoms with Gasteiger partial charge in [0.05, 0.1) is 11.4 Å². The van der Waals surface area contributed by atoms with Crippen molar-refractivity contribution in [3.63, 3.8) is 0 Å². The zero-order chi connectivity index (χ0) is 14.6. The lowest BCUT2D eigenvalue weighted by Crippen LogP contribution is -2.41. The summed E-state index contributed by atoms with van der Waals surface area (Å²) in [5.41, 5.74) is 0.480. The molecule has 0 aliphatic heterocycles. The molecule has 0 saturated heterocycles. The topological polar surface area (TPSA) is 127 Å². The number of nitrogens with one attached hydrogen (secondary N) is 1. The molecular weight excluding hydrogens is 276 g/mol. The molecule has 0 bridgehead atoms. The number of aromatic nitrogens is 1. The fourth-order valence-corrected chi connectivity index (χ4v) is 1.95. The van der Waals surface area contributed by atoms with Gasteiger partial charge in [0.15, 0.2) is 0 Å². The van der Waals surface area contributed by atoms with E-state index in [0.29, 0.717) is 5.69 Å². The number of carbonyl (C=O) groups excluding carboxylic acids is 1. The Hall–Kier alpha value is -1.90. The largest absolute Gasteiger partial charge is 0.480 e. The Bertz CT molecular complexity index is 577. The smallest absolute Gasteiger partial charge is 0.326 e. The lowest BCUT2D eigenvalue weighted by atomic mass is 10.2. The van der Waals surface area contributed by atoms with Crippen molar-refractivity contribution in [1.82, 2.24) is 10.5 Å². The predicted molar refractivity (Wildman–Crippen MR) is 64.5 cm³/mol. The van der Waals surface area contributed by atoms with Gasteiger partial charge in [-0.25, -0.2) is 13.2 Å². The summed E-state index contributed by atoms with van der Waals surface area (Å²) in [4.78, 5) is 22.6. The Morgan fingerprint density at radius 3 is 2.58 bits per heavy atom. The Morgan fingerprint density at radius 2 is 2.16 bits per heavy atom. The molecule has 0 spiro atoms. The third-order valence-corrected chi connectivity index (χ3v) is 3.21. The van der Waals surface area contributed by atoms with Crippen LogP contribution in [-0.4, -0.2) is 48.6 Å². The van der Waals surface area contributed by atoms with Crippen LogP contribution in [0.15, 0.2) is 10.6 Å². The fraction of sp³-hybridized carbons (Fsp3) is 0.500. The number of amides is 1. The molecule has 0 aromatic carbocycles. The van der Waals surface area contributed by atoms with E-state index < -0.39 is 27.8 Å². The van der Waals surface area contributed by atoms with Crippen LogP contribution >= 0.6 is 0 Å². The molecule has 0 radical (unpaired) electrons. The van der Waals surface area contributed by atoms with Crippen LogP contribution in [0.3, 0.4) is 0 Å². The fourth-order valence-electron chi connectivity index (χ4n) is 1.29. The quantitative estimate of drug-likeness (QED) is 0.729. The number of nitrogens with zero attached hydrogens (tertiary/aromatic N) is 1. The molecule has 19 heavy (non-hydrogen) atoms. The minimum Gasteiger partial charge on any atom is -0.480 e. The minimum atomic E-state index is -3.30. The molecule has 0 fully saturated rings. The van der Waals surface area contributed by atoms with Crippen molar-refractivity contribution in [3.05, 3.63) is 17.5 Å². The highest BCUT2D eigenvalue weighted by molar-refractivity contribution is 7.90. The normalized spacial score (nSPS) is 12.9. The summed E-state index contributed by atoms with van der Waals surface area (Å²) in [6, 6.07) is 0.0535.